The van der Waals surface area contributed by atoms with Gasteiger partial charge >= 0.3 is 5.97 Å². The molecule has 25 heavy (non-hydrogen) atoms. The van der Waals surface area contributed by atoms with Crippen LogP contribution in [-0.4, -0.2) is 47.8 Å². The molecule has 0 spiro atoms. The van der Waals surface area contributed by atoms with Crippen molar-refractivity contribution >= 4 is 40.6 Å². The first kappa shape index (κ1) is 20.6. The second-order valence-corrected chi connectivity index (χ2v) is 5.50. The summed E-state index contributed by atoms with van der Waals surface area (Å²) in [6.45, 7) is 4.73. The molecule has 8 nitrogen and oxygen atoms in total. The Hall–Kier alpha value is -2.49. The van der Waals surface area contributed by atoms with Crippen molar-refractivity contribution < 1.29 is 14.7 Å². The minimum absolute atomic E-state index is 0.202. The van der Waals surface area contributed by atoms with Gasteiger partial charge in [0.15, 0.2) is 5.11 Å². The number of carboxylic acid groups (broad SMARTS) is 1. The monoisotopic (exact) mass is 365 g/mol. The SMILES string of the molecule is C=CCNC(=S)Nc1cccc(NC(=O)C[C@@H](NCCN)C(=O)O)c1. The maximum Gasteiger partial charge on any atom is 0.321 e. The average molecular weight is 365 g/mol. The molecule has 0 aliphatic rings. The van der Waals surface area contributed by atoms with Crippen molar-refractivity contribution in [3.05, 3.63) is 36.9 Å². The van der Waals surface area contributed by atoms with E-state index < -0.39 is 17.9 Å². The van der Waals surface area contributed by atoms with E-state index in [0.29, 0.717) is 36.1 Å². The van der Waals surface area contributed by atoms with Crippen LogP contribution in [0.3, 0.4) is 0 Å². The Kier molecular flexibility index (Phi) is 9.15. The van der Waals surface area contributed by atoms with Gasteiger partial charge in [-0.1, -0.05) is 12.1 Å². The normalized spacial score (nSPS) is 11.2. The number of hydrogen-bond donors (Lipinski definition) is 6. The molecule has 1 amide bonds. The van der Waals surface area contributed by atoms with Gasteiger partial charge in [0.1, 0.15) is 6.04 Å². The highest BCUT2D eigenvalue weighted by atomic mass is 32.1. The molecule has 0 aliphatic heterocycles. The number of thiocarbonyl (C=S) groups is 1. The highest BCUT2D eigenvalue weighted by Crippen LogP contribution is 2.15. The topological polar surface area (TPSA) is 129 Å². The van der Waals surface area contributed by atoms with E-state index >= 15 is 0 Å². The Morgan fingerprint density at radius 3 is 2.60 bits per heavy atom. The van der Waals surface area contributed by atoms with Crippen molar-refractivity contribution in [1.29, 1.82) is 0 Å². The second kappa shape index (κ2) is 11.1. The van der Waals surface area contributed by atoms with Crippen molar-refractivity contribution in [3.8, 4) is 0 Å². The fraction of sp³-hybridized carbons (Fsp3) is 0.312. The van der Waals surface area contributed by atoms with Gasteiger partial charge in [0.05, 0.1) is 6.42 Å². The first-order valence-electron chi connectivity index (χ1n) is 7.68. The van der Waals surface area contributed by atoms with Gasteiger partial charge in [-0.2, -0.15) is 0 Å². The van der Waals surface area contributed by atoms with Crippen LogP contribution in [0.2, 0.25) is 0 Å². The predicted molar refractivity (Wildman–Crippen MR) is 103 cm³/mol. The first-order valence-corrected chi connectivity index (χ1v) is 8.09. The van der Waals surface area contributed by atoms with Gasteiger partial charge in [-0.25, -0.2) is 0 Å². The summed E-state index contributed by atoms with van der Waals surface area (Å²) in [6, 6.07) is 5.95. The summed E-state index contributed by atoms with van der Waals surface area (Å²) in [5.74, 6) is -1.51. The van der Waals surface area contributed by atoms with Gasteiger partial charge in [-0.05, 0) is 30.4 Å². The zero-order chi connectivity index (χ0) is 18.7. The van der Waals surface area contributed by atoms with E-state index in [-0.39, 0.29) is 6.42 Å². The maximum absolute atomic E-state index is 12.1. The Labute approximate surface area is 151 Å². The smallest absolute Gasteiger partial charge is 0.321 e. The molecule has 136 valence electrons. The van der Waals surface area contributed by atoms with E-state index in [9.17, 15) is 9.59 Å². The van der Waals surface area contributed by atoms with Crippen LogP contribution < -0.4 is 27.0 Å². The standard InChI is InChI=1S/C16H23N5O3S/c1-2-7-19-16(25)21-12-5-3-4-11(9-12)20-14(22)10-13(15(23)24)18-8-6-17/h2-5,9,13,18H,1,6-8,10,17H2,(H,20,22)(H,23,24)(H2,19,21,25)/t13-/m1/s1. The van der Waals surface area contributed by atoms with Gasteiger partial charge in [-0.3, -0.25) is 9.59 Å². The second-order valence-electron chi connectivity index (χ2n) is 5.09. The average Bonchev–Trinajstić information content (AvgIpc) is 2.56. The van der Waals surface area contributed by atoms with Gasteiger partial charge in [0.25, 0.3) is 0 Å². The van der Waals surface area contributed by atoms with Crippen LogP contribution in [0.4, 0.5) is 11.4 Å². The van der Waals surface area contributed by atoms with Crippen LogP contribution in [0.25, 0.3) is 0 Å². The molecule has 9 heteroatoms. The summed E-state index contributed by atoms with van der Waals surface area (Å²) in [6.07, 6.45) is 1.48. The summed E-state index contributed by atoms with van der Waals surface area (Å²) in [5.41, 5.74) is 6.56. The van der Waals surface area contributed by atoms with E-state index in [0.717, 1.165) is 0 Å². The summed E-state index contributed by atoms with van der Waals surface area (Å²) in [7, 11) is 0. The number of nitrogens with one attached hydrogen (secondary N) is 4. The number of aliphatic carboxylic acids is 1. The summed E-state index contributed by atoms with van der Waals surface area (Å²) < 4.78 is 0. The summed E-state index contributed by atoms with van der Waals surface area (Å²) in [4.78, 5) is 23.2. The van der Waals surface area contributed by atoms with E-state index in [1.54, 1.807) is 30.3 Å². The molecule has 0 saturated heterocycles. The number of benzene rings is 1. The lowest BCUT2D eigenvalue weighted by atomic mass is 10.2. The van der Waals surface area contributed by atoms with E-state index in [1.165, 1.54) is 0 Å². The zero-order valence-corrected chi connectivity index (χ0v) is 14.6. The fourth-order valence-electron chi connectivity index (χ4n) is 1.92. The lowest BCUT2D eigenvalue weighted by molar-refractivity contribution is -0.141. The Morgan fingerprint density at radius 1 is 1.32 bits per heavy atom. The van der Waals surface area contributed by atoms with E-state index in [1.807, 2.05) is 0 Å². The highest BCUT2D eigenvalue weighted by Gasteiger charge is 2.20. The minimum Gasteiger partial charge on any atom is -0.480 e. The van der Waals surface area contributed by atoms with Crippen molar-refractivity contribution in [2.24, 2.45) is 5.73 Å². The van der Waals surface area contributed by atoms with Crippen molar-refractivity contribution in [3.63, 3.8) is 0 Å². The number of nitrogens with two attached hydrogens (primary N) is 1. The molecule has 1 atom stereocenters. The molecular formula is C16H23N5O3S. The molecule has 7 N–H and O–H groups in total. The van der Waals surface area contributed by atoms with Gasteiger partial charge in [0, 0.05) is 31.0 Å². The summed E-state index contributed by atoms with van der Waals surface area (Å²) in [5, 5.41) is 20.8. The van der Waals surface area contributed by atoms with Crippen LogP contribution in [0.15, 0.2) is 36.9 Å². The lowest BCUT2D eigenvalue weighted by Gasteiger charge is -2.14. The van der Waals surface area contributed by atoms with Gasteiger partial charge < -0.3 is 32.1 Å². The molecule has 0 aliphatic carbocycles. The van der Waals surface area contributed by atoms with Crippen LogP contribution >= 0.6 is 12.2 Å². The first-order chi connectivity index (χ1) is 12.0. The summed E-state index contributed by atoms with van der Waals surface area (Å²) >= 11 is 5.12. The minimum atomic E-state index is -1.10. The number of carbonyl (C=O) groups is 2. The van der Waals surface area contributed by atoms with E-state index in [4.69, 9.17) is 23.1 Å². The molecule has 0 radical (unpaired) electrons. The van der Waals surface area contributed by atoms with Crippen molar-refractivity contribution in [2.75, 3.05) is 30.3 Å². The third kappa shape index (κ3) is 8.25. The van der Waals surface area contributed by atoms with Crippen LogP contribution in [0.1, 0.15) is 6.42 Å². The largest absolute Gasteiger partial charge is 0.480 e. The zero-order valence-electron chi connectivity index (χ0n) is 13.7. The number of rotatable bonds is 10. The fourth-order valence-corrected chi connectivity index (χ4v) is 2.12. The predicted octanol–water partition coefficient (Wildman–Crippen LogP) is 0.489. The molecule has 0 unspecified atom stereocenters. The van der Waals surface area contributed by atoms with Gasteiger partial charge in [-0.15, -0.1) is 6.58 Å². The molecular weight excluding hydrogens is 342 g/mol. The molecule has 0 saturated carbocycles. The number of carboxylic acids is 1. The van der Waals surface area contributed by atoms with Crippen LogP contribution in [0.5, 0.6) is 0 Å². The quantitative estimate of drug-likeness (QED) is 0.261. The van der Waals surface area contributed by atoms with Crippen LogP contribution in [0, 0.1) is 0 Å². The third-order valence-electron chi connectivity index (χ3n) is 3.03. The van der Waals surface area contributed by atoms with Gasteiger partial charge in [0.2, 0.25) is 5.91 Å². The molecule has 0 bridgehead atoms. The lowest BCUT2D eigenvalue weighted by Crippen LogP contribution is -2.41. The molecule has 1 rings (SSSR count). The number of amides is 1. The number of carbonyl (C=O) groups excluding carboxylic acids is 1. The Balaban J connectivity index is 2.61. The molecule has 1 aromatic carbocycles. The molecule has 1 aromatic rings. The Morgan fingerprint density at radius 2 is 2.00 bits per heavy atom. The van der Waals surface area contributed by atoms with Crippen molar-refractivity contribution in [2.45, 2.75) is 12.5 Å². The maximum atomic E-state index is 12.1. The van der Waals surface area contributed by atoms with Crippen molar-refractivity contribution in [1.82, 2.24) is 10.6 Å². The van der Waals surface area contributed by atoms with E-state index in [2.05, 4.69) is 27.8 Å². The molecule has 0 heterocycles. The third-order valence-corrected chi connectivity index (χ3v) is 3.28. The Bertz CT molecular complexity index is 624. The number of anilines is 2. The number of hydrogen-bond acceptors (Lipinski definition) is 5. The van der Waals surface area contributed by atoms with Crippen LogP contribution in [-0.2, 0) is 9.59 Å². The highest BCUT2D eigenvalue weighted by molar-refractivity contribution is 7.80. The molecule has 0 fully saturated rings. The molecule has 0 aromatic heterocycles.